The fourth-order valence-corrected chi connectivity index (χ4v) is 4.82. The summed E-state index contributed by atoms with van der Waals surface area (Å²) in [6.45, 7) is 1.70. The second kappa shape index (κ2) is 9.79. The zero-order chi connectivity index (χ0) is 25.2. The Morgan fingerprint density at radius 2 is 2.00 bits per heavy atom. The molecule has 3 heterocycles. The lowest BCUT2D eigenvalue weighted by atomic mass is 9.74. The van der Waals surface area contributed by atoms with E-state index in [0.717, 1.165) is 0 Å². The third kappa shape index (κ3) is 4.29. The van der Waals surface area contributed by atoms with Gasteiger partial charge in [0.2, 0.25) is 5.88 Å². The number of furan rings is 1. The highest BCUT2D eigenvalue weighted by molar-refractivity contribution is 6.00. The van der Waals surface area contributed by atoms with Gasteiger partial charge in [-0.3, -0.25) is 4.79 Å². The number of Topliss-reactive ketones (excluding diaryl/α,β-unsaturated/α-hetero) is 1. The number of rotatable bonds is 4. The SMILES string of the molecule is COc1ccc(C2C(C#N)=C(N)OC3=C2C(=O)CC(c2ccco2)C3)cc1OC(=O)N1CCOCC1. The van der Waals surface area contributed by atoms with E-state index in [1.54, 1.807) is 35.4 Å². The van der Waals surface area contributed by atoms with E-state index in [0.29, 0.717) is 61.1 Å². The first-order valence-corrected chi connectivity index (χ1v) is 11.6. The van der Waals surface area contributed by atoms with Gasteiger partial charge in [0.15, 0.2) is 17.3 Å². The smallest absolute Gasteiger partial charge is 0.415 e. The van der Waals surface area contributed by atoms with E-state index in [1.807, 2.05) is 6.07 Å². The number of hydrogen-bond acceptors (Lipinski definition) is 9. The number of ketones is 1. The molecule has 0 bridgehead atoms. The van der Waals surface area contributed by atoms with Gasteiger partial charge in [0.05, 0.1) is 32.5 Å². The number of nitrogens with zero attached hydrogens (tertiary/aromatic N) is 2. The van der Waals surface area contributed by atoms with E-state index in [9.17, 15) is 14.9 Å². The monoisotopic (exact) mass is 491 g/mol. The predicted octanol–water partition coefficient (Wildman–Crippen LogP) is 3.33. The summed E-state index contributed by atoms with van der Waals surface area (Å²) >= 11 is 0. The van der Waals surface area contributed by atoms with Crippen LogP contribution in [-0.2, 0) is 14.3 Å². The van der Waals surface area contributed by atoms with Crippen LogP contribution in [0.15, 0.2) is 63.8 Å². The van der Waals surface area contributed by atoms with E-state index in [1.165, 1.54) is 7.11 Å². The highest BCUT2D eigenvalue weighted by Gasteiger charge is 2.41. The van der Waals surface area contributed by atoms with Crippen molar-refractivity contribution in [1.82, 2.24) is 4.90 Å². The van der Waals surface area contributed by atoms with E-state index in [2.05, 4.69) is 6.07 Å². The van der Waals surface area contributed by atoms with Crippen LogP contribution in [0.5, 0.6) is 11.5 Å². The van der Waals surface area contributed by atoms with E-state index in [-0.39, 0.29) is 35.3 Å². The number of benzene rings is 1. The lowest BCUT2D eigenvalue weighted by Crippen LogP contribution is -2.42. The van der Waals surface area contributed by atoms with Crippen molar-refractivity contribution in [2.24, 2.45) is 5.73 Å². The van der Waals surface area contributed by atoms with Crippen molar-refractivity contribution < 1.29 is 33.0 Å². The van der Waals surface area contributed by atoms with Crippen LogP contribution in [0.1, 0.15) is 36.0 Å². The summed E-state index contributed by atoms with van der Waals surface area (Å²) in [5, 5.41) is 9.91. The summed E-state index contributed by atoms with van der Waals surface area (Å²) in [6, 6.07) is 10.7. The predicted molar refractivity (Wildman–Crippen MR) is 125 cm³/mol. The van der Waals surface area contributed by atoms with Crippen molar-refractivity contribution in [3.05, 3.63) is 70.7 Å². The maximum absolute atomic E-state index is 13.4. The van der Waals surface area contributed by atoms with Crippen LogP contribution in [0, 0.1) is 11.3 Å². The summed E-state index contributed by atoms with van der Waals surface area (Å²) in [5.74, 6) is 0.433. The normalized spacial score (nSPS) is 22.0. The van der Waals surface area contributed by atoms with Gasteiger partial charge in [-0.2, -0.15) is 5.26 Å². The van der Waals surface area contributed by atoms with Crippen LogP contribution in [0.25, 0.3) is 0 Å². The van der Waals surface area contributed by atoms with Gasteiger partial charge in [-0.1, -0.05) is 6.07 Å². The third-order valence-corrected chi connectivity index (χ3v) is 6.59. The minimum absolute atomic E-state index is 0.0585. The van der Waals surface area contributed by atoms with Crippen molar-refractivity contribution in [3.63, 3.8) is 0 Å². The molecule has 0 spiro atoms. The number of allylic oxidation sites excluding steroid dienone is 3. The van der Waals surface area contributed by atoms with Gasteiger partial charge in [0, 0.05) is 37.4 Å². The lowest BCUT2D eigenvalue weighted by molar-refractivity contribution is -0.117. The number of nitrogens with two attached hydrogens (primary N) is 1. The van der Waals surface area contributed by atoms with Gasteiger partial charge in [-0.05, 0) is 29.8 Å². The largest absolute Gasteiger partial charge is 0.493 e. The zero-order valence-corrected chi connectivity index (χ0v) is 19.7. The van der Waals surface area contributed by atoms with Gasteiger partial charge in [0.25, 0.3) is 0 Å². The molecular weight excluding hydrogens is 466 g/mol. The highest BCUT2D eigenvalue weighted by Crippen LogP contribution is 2.47. The third-order valence-electron chi connectivity index (χ3n) is 6.59. The van der Waals surface area contributed by atoms with Crippen LogP contribution < -0.4 is 15.2 Å². The molecule has 186 valence electrons. The molecule has 0 saturated carbocycles. The Morgan fingerprint density at radius 1 is 1.19 bits per heavy atom. The number of hydrogen-bond donors (Lipinski definition) is 1. The average molecular weight is 492 g/mol. The molecule has 10 heteroatoms. The Kier molecular flexibility index (Phi) is 6.40. The molecule has 2 unspecified atom stereocenters. The summed E-state index contributed by atoms with van der Waals surface area (Å²) in [7, 11) is 1.47. The molecule has 2 N–H and O–H groups in total. The number of carbonyl (C=O) groups is 2. The molecule has 3 aliphatic rings. The van der Waals surface area contributed by atoms with Gasteiger partial charge < -0.3 is 34.0 Å². The minimum Gasteiger partial charge on any atom is -0.493 e. The molecule has 1 aromatic carbocycles. The Bertz CT molecular complexity index is 1280. The van der Waals surface area contributed by atoms with Gasteiger partial charge >= 0.3 is 6.09 Å². The van der Waals surface area contributed by atoms with Crippen LogP contribution in [0.2, 0.25) is 0 Å². The molecule has 1 fully saturated rings. The molecule has 36 heavy (non-hydrogen) atoms. The molecule has 5 rings (SSSR count). The van der Waals surface area contributed by atoms with Gasteiger partial charge in [-0.15, -0.1) is 0 Å². The summed E-state index contributed by atoms with van der Waals surface area (Å²) in [6.07, 6.45) is 1.64. The van der Waals surface area contributed by atoms with Gasteiger partial charge in [-0.25, -0.2) is 4.79 Å². The molecule has 10 nitrogen and oxygen atoms in total. The highest BCUT2D eigenvalue weighted by atomic mass is 16.6. The second-order valence-electron chi connectivity index (χ2n) is 8.68. The van der Waals surface area contributed by atoms with Crippen LogP contribution in [0.4, 0.5) is 4.79 Å². The standard InChI is InChI=1S/C26H25N3O7/c1-32-20-5-4-15(12-21(20)36-26(31)29-6-9-33-10-7-29)23-17(14-27)25(28)35-22-13-16(11-18(30)24(22)23)19-3-2-8-34-19/h2-5,8,12,16,23H,6-7,9-11,13,28H2,1H3. The fraction of sp³-hybridized carbons (Fsp3) is 0.346. The molecule has 1 amide bonds. The first-order valence-electron chi connectivity index (χ1n) is 11.6. The second-order valence-corrected chi connectivity index (χ2v) is 8.68. The molecule has 2 aliphatic heterocycles. The molecule has 1 aromatic heterocycles. The number of carbonyl (C=O) groups excluding carboxylic acids is 2. The summed E-state index contributed by atoms with van der Waals surface area (Å²) in [4.78, 5) is 27.7. The van der Waals surface area contributed by atoms with Crippen molar-refractivity contribution in [3.8, 4) is 17.6 Å². The maximum Gasteiger partial charge on any atom is 0.415 e. The van der Waals surface area contributed by atoms with E-state index in [4.69, 9.17) is 29.1 Å². The van der Waals surface area contributed by atoms with E-state index >= 15 is 0 Å². The first-order chi connectivity index (χ1) is 17.5. The van der Waals surface area contributed by atoms with Crippen LogP contribution >= 0.6 is 0 Å². The molecule has 1 saturated heterocycles. The Hall–Kier alpha value is -4.23. The Morgan fingerprint density at radius 3 is 2.69 bits per heavy atom. The van der Waals surface area contributed by atoms with Crippen molar-refractivity contribution in [2.45, 2.75) is 24.7 Å². The maximum atomic E-state index is 13.4. The molecule has 1 aliphatic carbocycles. The quantitative estimate of drug-likeness (QED) is 0.682. The van der Waals surface area contributed by atoms with Crippen molar-refractivity contribution in [2.75, 3.05) is 33.4 Å². The van der Waals surface area contributed by atoms with Crippen LogP contribution in [0.3, 0.4) is 0 Å². The lowest BCUT2D eigenvalue weighted by Gasteiger charge is -2.33. The molecular formula is C26H25N3O7. The number of amides is 1. The van der Waals surface area contributed by atoms with Gasteiger partial charge in [0.1, 0.15) is 23.2 Å². The molecule has 2 aromatic rings. The average Bonchev–Trinajstić information content (AvgIpc) is 3.43. The molecule has 0 radical (unpaired) electrons. The van der Waals surface area contributed by atoms with E-state index < -0.39 is 12.0 Å². The number of ether oxygens (including phenoxy) is 4. The van der Waals surface area contributed by atoms with Crippen molar-refractivity contribution in [1.29, 1.82) is 5.26 Å². The van der Waals surface area contributed by atoms with Crippen molar-refractivity contribution >= 4 is 11.9 Å². The minimum atomic E-state index is -0.768. The number of methoxy groups -OCH3 is 1. The van der Waals surface area contributed by atoms with Crippen LogP contribution in [-0.4, -0.2) is 50.2 Å². The Balaban J connectivity index is 1.51. The zero-order valence-electron chi connectivity index (χ0n) is 19.7. The first kappa shape index (κ1) is 23.5. The summed E-state index contributed by atoms with van der Waals surface area (Å²) in [5.41, 5.74) is 7.19. The Labute approximate surface area is 207 Å². The number of morpholine rings is 1. The topological polar surface area (TPSA) is 137 Å². The number of nitriles is 1. The fourth-order valence-electron chi connectivity index (χ4n) is 4.82. The summed E-state index contributed by atoms with van der Waals surface area (Å²) < 4.78 is 27.6. The molecule has 2 atom stereocenters.